The minimum Gasteiger partial charge on any atom is -0.472 e. The second-order valence-electron chi connectivity index (χ2n) is 12.3. The molecule has 4 N–H and O–H groups in total. The van der Waals surface area contributed by atoms with E-state index in [-0.39, 0.29) is 18.6 Å². The molecular formula is C28H45NO5. The molecule has 0 bridgehead atoms. The first-order valence-corrected chi connectivity index (χ1v) is 13.6. The first-order chi connectivity index (χ1) is 16.3. The average molecular weight is 476 g/mol. The van der Waals surface area contributed by atoms with Gasteiger partial charge in [-0.3, -0.25) is 0 Å². The number of fused-ring (bicyclic) bond motifs is 5. The Morgan fingerprint density at radius 1 is 1.09 bits per heavy atom. The summed E-state index contributed by atoms with van der Waals surface area (Å²) in [4.78, 5) is 0. The van der Waals surface area contributed by atoms with E-state index < -0.39 is 11.7 Å². The van der Waals surface area contributed by atoms with E-state index in [1.807, 2.05) is 6.26 Å². The van der Waals surface area contributed by atoms with Crippen LogP contribution in [0, 0.1) is 28.6 Å². The highest BCUT2D eigenvalue weighted by Crippen LogP contribution is 2.70. The number of ether oxygens (including phenoxy) is 2. The van der Waals surface area contributed by atoms with Crippen LogP contribution in [0.15, 0.2) is 23.0 Å². The van der Waals surface area contributed by atoms with Crippen molar-refractivity contribution in [2.75, 3.05) is 26.4 Å². The minimum atomic E-state index is -0.590. The van der Waals surface area contributed by atoms with Crippen LogP contribution in [-0.4, -0.2) is 54.4 Å². The highest BCUT2D eigenvalue weighted by Gasteiger charge is 2.67. The Morgan fingerprint density at radius 2 is 1.94 bits per heavy atom. The molecule has 0 spiro atoms. The Bertz CT molecular complexity index is 816. The quantitative estimate of drug-likeness (QED) is 0.487. The average Bonchev–Trinajstić information content (AvgIpc) is 3.44. The maximum absolute atomic E-state index is 12.3. The van der Waals surface area contributed by atoms with E-state index in [1.165, 1.54) is 24.8 Å². The van der Waals surface area contributed by atoms with E-state index in [9.17, 15) is 10.2 Å². The first-order valence-electron chi connectivity index (χ1n) is 13.6. The largest absolute Gasteiger partial charge is 0.472 e. The van der Waals surface area contributed by atoms with Gasteiger partial charge in [-0.1, -0.05) is 13.8 Å². The lowest BCUT2D eigenvalue weighted by atomic mass is 9.43. The lowest BCUT2D eigenvalue weighted by molar-refractivity contribution is -0.207. The third-order valence-electron chi connectivity index (χ3n) is 10.9. The monoisotopic (exact) mass is 475 g/mol. The molecule has 1 heterocycles. The fourth-order valence-corrected chi connectivity index (χ4v) is 8.91. The number of rotatable bonds is 8. The van der Waals surface area contributed by atoms with E-state index in [1.54, 1.807) is 6.26 Å². The standard InChI is InChI=1S/C28H45NO5/c1-26-9-5-22(34-14-13-33-18-21(30)16-29)15-20(26)3-4-25-24(26)6-10-27(2)23(7-11-28(25,27)31)19-8-12-32-17-19/h8,12,17,20-25,30-31H,3-7,9-11,13-16,18,29H2,1-2H3/t20?,21?,22?,23?,24-,25-,26+,27-,28-/m1/s1. The zero-order valence-corrected chi connectivity index (χ0v) is 21.1. The smallest absolute Gasteiger partial charge is 0.0937 e. The van der Waals surface area contributed by atoms with Gasteiger partial charge in [0.15, 0.2) is 0 Å². The fraction of sp³-hybridized carbons (Fsp3) is 0.857. The first kappa shape index (κ1) is 24.8. The SMILES string of the molecule is C[C@]12CCC(OCCOCC(O)CN)CC1CC[C@@H]1[C@H]2CC[C@]2(C)C(c3ccoc3)CC[C@@]12O. The summed E-state index contributed by atoms with van der Waals surface area (Å²) in [6, 6.07) is 2.11. The Kier molecular flexibility index (Phi) is 6.93. The molecule has 4 fully saturated rings. The Labute approximate surface area is 204 Å². The van der Waals surface area contributed by atoms with E-state index in [4.69, 9.17) is 19.6 Å². The zero-order valence-electron chi connectivity index (χ0n) is 21.1. The topological polar surface area (TPSA) is 98.1 Å². The molecule has 34 heavy (non-hydrogen) atoms. The normalized spacial score (nSPS) is 44.8. The third kappa shape index (κ3) is 3.98. The summed E-state index contributed by atoms with van der Waals surface area (Å²) in [6.45, 7) is 6.47. The summed E-state index contributed by atoms with van der Waals surface area (Å²) in [6.07, 6.45) is 13.5. The molecular weight excluding hydrogens is 430 g/mol. The van der Waals surface area contributed by atoms with E-state index in [0.29, 0.717) is 48.4 Å². The summed E-state index contributed by atoms with van der Waals surface area (Å²) in [5.74, 6) is 2.09. The molecule has 1 aromatic rings. The van der Waals surface area contributed by atoms with Gasteiger partial charge in [-0.15, -0.1) is 0 Å². The van der Waals surface area contributed by atoms with Crippen LogP contribution in [0.4, 0.5) is 0 Å². The summed E-state index contributed by atoms with van der Waals surface area (Å²) in [7, 11) is 0. The van der Waals surface area contributed by atoms with Crippen molar-refractivity contribution in [1.82, 2.24) is 0 Å². The molecule has 4 unspecified atom stereocenters. The molecule has 9 atom stereocenters. The zero-order chi connectivity index (χ0) is 24.0. The number of nitrogens with two attached hydrogens (primary N) is 1. The molecule has 4 saturated carbocycles. The minimum absolute atomic E-state index is 0.0565. The highest BCUT2D eigenvalue weighted by atomic mass is 16.5. The third-order valence-corrected chi connectivity index (χ3v) is 10.9. The second-order valence-corrected chi connectivity index (χ2v) is 12.3. The summed E-state index contributed by atoms with van der Waals surface area (Å²) >= 11 is 0. The van der Waals surface area contributed by atoms with Gasteiger partial charge in [0, 0.05) is 12.0 Å². The van der Waals surface area contributed by atoms with Gasteiger partial charge in [-0.05, 0) is 98.5 Å². The van der Waals surface area contributed by atoms with Crippen molar-refractivity contribution in [2.45, 2.75) is 95.4 Å². The van der Waals surface area contributed by atoms with Crippen molar-refractivity contribution in [3.05, 3.63) is 24.2 Å². The predicted octanol–water partition coefficient (Wildman–Crippen LogP) is 4.24. The van der Waals surface area contributed by atoms with Crippen LogP contribution in [0.2, 0.25) is 0 Å². The van der Waals surface area contributed by atoms with Crippen molar-refractivity contribution >= 4 is 0 Å². The van der Waals surface area contributed by atoms with Crippen molar-refractivity contribution in [2.24, 2.45) is 34.3 Å². The maximum Gasteiger partial charge on any atom is 0.0937 e. The van der Waals surface area contributed by atoms with Crippen LogP contribution < -0.4 is 5.73 Å². The van der Waals surface area contributed by atoms with Crippen LogP contribution >= 0.6 is 0 Å². The predicted molar refractivity (Wildman–Crippen MR) is 130 cm³/mol. The Morgan fingerprint density at radius 3 is 2.71 bits per heavy atom. The number of hydrogen-bond donors (Lipinski definition) is 3. The molecule has 0 amide bonds. The molecule has 0 saturated heterocycles. The van der Waals surface area contributed by atoms with E-state index in [2.05, 4.69) is 19.9 Å². The summed E-state index contributed by atoms with van der Waals surface area (Å²) in [5, 5.41) is 21.8. The summed E-state index contributed by atoms with van der Waals surface area (Å²) in [5.41, 5.74) is 6.37. The molecule has 1 aromatic heterocycles. The molecule has 0 aliphatic heterocycles. The summed E-state index contributed by atoms with van der Waals surface area (Å²) < 4.78 is 17.1. The molecule has 4 aliphatic carbocycles. The van der Waals surface area contributed by atoms with Gasteiger partial charge in [0.25, 0.3) is 0 Å². The Hall–Kier alpha value is -0.920. The van der Waals surface area contributed by atoms with Crippen LogP contribution in [-0.2, 0) is 9.47 Å². The van der Waals surface area contributed by atoms with Crippen molar-refractivity contribution < 1.29 is 24.1 Å². The molecule has 0 aromatic carbocycles. The van der Waals surface area contributed by atoms with Crippen LogP contribution in [0.5, 0.6) is 0 Å². The molecule has 6 heteroatoms. The van der Waals surface area contributed by atoms with Gasteiger partial charge in [-0.25, -0.2) is 0 Å². The molecule has 192 valence electrons. The van der Waals surface area contributed by atoms with Gasteiger partial charge >= 0.3 is 0 Å². The van der Waals surface area contributed by atoms with E-state index >= 15 is 0 Å². The van der Waals surface area contributed by atoms with E-state index in [0.717, 1.165) is 38.5 Å². The van der Waals surface area contributed by atoms with Gasteiger partial charge in [0.05, 0.1) is 50.2 Å². The van der Waals surface area contributed by atoms with Crippen LogP contribution in [0.25, 0.3) is 0 Å². The number of aliphatic hydroxyl groups is 2. The molecule has 6 nitrogen and oxygen atoms in total. The molecule has 5 rings (SSSR count). The lowest BCUT2D eigenvalue weighted by Crippen LogP contribution is -2.62. The van der Waals surface area contributed by atoms with Gasteiger partial charge in [0.2, 0.25) is 0 Å². The van der Waals surface area contributed by atoms with Crippen molar-refractivity contribution in [3.8, 4) is 0 Å². The second kappa shape index (κ2) is 9.51. The Balaban J connectivity index is 1.21. The number of furan rings is 1. The van der Waals surface area contributed by atoms with Crippen molar-refractivity contribution in [3.63, 3.8) is 0 Å². The van der Waals surface area contributed by atoms with Gasteiger partial charge in [0.1, 0.15) is 0 Å². The fourth-order valence-electron chi connectivity index (χ4n) is 8.91. The highest BCUT2D eigenvalue weighted by molar-refractivity contribution is 5.26. The van der Waals surface area contributed by atoms with Crippen molar-refractivity contribution in [1.29, 1.82) is 0 Å². The number of aliphatic hydroxyl groups excluding tert-OH is 1. The molecule has 0 radical (unpaired) electrons. The number of hydrogen-bond acceptors (Lipinski definition) is 6. The van der Waals surface area contributed by atoms with Crippen LogP contribution in [0.3, 0.4) is 0 Å². The lowest BCUT2D eigenvalue weighted by Gasteiger charge is -2.63. The van der Waals surface area contributed by atoms with Gasteiger partial charge in [-0.2, -0.15) is 0 Å². The molecule has 4 aliphatic rings. The maximum atomic E-state index is 12.3. The van der Waals surface area contributed by atoms with Gasteiger partial charge < -0.3 is 29.8 Å². The van der Waals surface area contributed by atoms with Crippen LogP contribution in [0.1, 0.15) is 83.1 Å².